The van der Waals surface area contributed by atoms with Crippen LogP contribution in [0.5, 0.6) is 5.75 Å². The summed E-state index contributed by atoms with van der Waals surface area (Å²) in [6.07, 6.45) is -1.80. The molecular formula is C22H21BrF3N3O3. The molecule has 0 unspecified atom stereocenters. The lowest BCUT2D eigenvalue weighted by molar-refractivity contribution is -0.185. The number of carbonyl (C=O) groups excluding carboxylic acids is 2. The first-order valence-corrected chi connectivity index (χ1v) is 10.5. The number of hydrogen-bond acceptors (Lipinski definition) is 4. The van der Waals surface area contributed by atoms with Crippen molar-refractivity contribution in [2.24, 2.45) is 0 Å². The van der Waals surface area contributed by atoms with Crippen LogP contribution >= 0.6 is 15.9 Å². The van der Waals surface area contributed by atoms with Crippen LogP contribution in [0.3, 0.4) is 0 Å². The second kappa shape index (κ2) is 10.1. The van der Waals surface area contributed by atoms with Crippen molar-refractivity contribution in [3.05, 3.63) is 58.6 Å². The smallest absolute Gasteiger partial charge is 0.471 e. The van der Waals surface area contributed by atoms with E-state index < -0.39 is 12.1 Å². The summed E-state index contributed by atoms with van der Waals surface area (Å²) >= 11 is 3.38. The minimum absolute atomic E-state index is 0.000683. The van der Waals surface area contributed by atoms with Gasteiger partial charge in [0.05, 0.1) is 7.11 Å². The van der Waals surface area contributed by atoms with E-state index in [0.717, 1.165) is 20.6 Å². The maximum atomic E-state index is 12.6. The number of piperazine rings is 1. The molecule has 2 aromatic rings. The second-order valence-electron chi connectivity index (χ2n) is 7.03. The predicted octanol–water partition coefficient (Wildman–Crippen LogP) is 4.32. The van der Waals surface area contributed by atoms with E-state index in [1.54, 1.807) is 43.5 Å². The van der Waals surface area contributed by atoms with Crippen molar-refractivity contribution in [2.75, 3.05) is 43.5 Å². The van der Waals surface area contributed by atoms with Crippen LogP contribution in [-0.2, 0) is 9.59 Å². The van der Waals surface area contributed by atoms with Gasteiger partial charge in [0, 0.05) is 53.7 Å². The van der Waals surface area contributed by atoms with Gasteiger partial charge in [0.2, 0.25) is 5.91 Å². The van der Waals surface area contributed by atoms with E-state index in [-0.39, 0.29) is 19.0 Å². The molecule has 32 heavy (non-hydrogen) atoms. The number of carbonyl (C=O) groups is 2. The number of benzene rings is 2. The van der Waals surface area contributed by atoms with Crippen LogP contribution in [0.15, 0.2) is 53.0 Å². The van der Waals surface area contributed by atoms with Gasteiger partial charge in [-0.3, -0.25) is 9.59 Å². The molecule has 0 aromatic heterocycles. The van der Waals surface area contributed by atoms with Crippen LogP contribution in [-0.4, -0.2) is 56.2 Å². The van der Waals surface area contributed by atoms with Crippen molar-refractivity contribution in [1.29, 1.82) is 0 Å². The molecule has 1 aliphatic heterocycles. The molecule has 2 amide bonds. The van der Waals surface area contributed by atoms with Crippen LogP contribution < -0.4 is 15.0 Å². The minimum atomic E-state index is -4.85. The lowest BCUT2D eigenvalue weighted by Crippen LogP contribution is -2.52. The van der Waals surface area contributed by atoms with Crippen LogP contribution in [0.25, 0.3) is 6.08 Å². The van der Waals surface area contributed by atoms with Gasteiger partial charge in [-0.05, 0) is 48.5 Å². The fourth-order valence-corrected chi connectivity index (χ4v) is 3.67. The van der Waals surface area contributed by atoms with Gasteiger partial charge in [0.25, 0.3) is 0 Å². The molecule has 0 saturated carbocycles. The van der Waals surface area contributed by atoms with Gasteiger partial charge in [-0.1, -0.05) is 15.9 Å². The normalized spacial score (nSPS) is 14.5. The summed E-state index contributed by atoms with van der Waals surface area (Å²) in [6, 6.07) is 12.4. The lowest BCUT2D eigenvalue weighted by atomic mass is 10.2. The van der Waals surface area contributed by atoms with Crippen LogP contribution in [0, 0.1) is 0 Å². The third-order valence-corrected chi connectivity index (χ3v) is 5.41. The zero-order chi connectivity index (χ0) is 23.3. The summed E-state index contributed by atoms with van der Waals surface area (Å²) in [5.41, 5.74) is 2.13. The van der Waals surface area contributed by atoms with Crippen molar-refractivity contribution < 1.29 is 27.5 Å². The van der Waals surface area contributed by atoms with Crippen molar-refractivity contribution in [1.82, 2.24) is 4.90 Å². The molecule has 1 N–H and O–H groups in total. The van der Waals surface area contributed by atoms with Crippen molar-refractivity contribution in [3.8, 4) is 5.75 Å². The van der Waals surface area contributed by atoms with E-state index in [1.165, 1.54) is 6.08 Å². The van der Waals surface area contributed by atoms with Crippen LogP contribution in [0.1, 0.15) is 5.56 Å². The molecule has 170 valence electrons. The Labute approximate surface area is 191 Å². The maximum absolute atomic E-state index is 12.6. The predicted molar refractivity (Wildman–Crippen MR) is 120 cm³/mol. The van der Waals surface area contributed by atoms with E-state index in [2.05, 4.69) is 21.2 Å². The summed E-state index contributed by atoms with van der Waals surface area (Å²) in [5, 5.41) is 2.76. The molecule has 6 nitrogen and oxygen atoms in total. The fraction of sp³-hybridized carbons (Fsp3) is 0.273. The van der Waals surface area contributed by atoms with E-state index in [0.29, 0.717) is 24.5 Å². The first-order chi connectivity index (χ1) is 15.2. The number of rotatable bonds is 5. The molecule has 2 aromatic carbocycles. The Bertz CT molecular complexity index is 1000. The third kappa shape index (κ3) is 6.03. The SMILES string of the molecule is COc1ccc(Br)cc1/C=C/C(=O)Nc1ccc(N2CCN(C(=O)C(F)(F)F)CC2)cc1. The highest BCUT2D eigenvalue weighted by Crippen LogP contribution is 2.25. The summed E-state index contributed by atoms with van der Waals surface area (Å²) in [4.78, 5) is 26.3. The molecule has 0 radical (unpaired) electrons. The quantitative estimate of drug-likeness (QED) is 0.607. The molecule has 0 bridgehead atoms. The second-order valence-corrected chi connectivity index (χ2v) is 7.95. The Balaban J connectivity index is 1.56. The maximum Gasteiger partial charge on any atom is 0.471 e. The van der Waals surface area contributed by atoms with Crippen molar-refractivity contribution in [2.45, 2.75) is 6.18 Å². The Morgan fingerprint density at radius 2 is 1.72 bits per heavy atom. The van der Waals surface area contributed by atoms with Gasteiger partial charge < -0.3 is 19.9 Å². The van der Waals surface area contributed by atoms with Crippen molar-refractivity contribution >= 4 is 45.2 Å². The Hall–Kier alpha value is -3.01. The summed E-state index contributed by atoms with van der Waals surface area (Å²) in [7, 11) is 1.55. The van der Waals surface area contributed by atoms with Crippen LogP contribution in [0.4, 0.5) is 24.5 Å². The first-order valence-electron chi connectivity index (χ1n) is 9.71. The summed E-state index contributed by atoms with van der Waals surface area (Å²) < 4.78 is 43.8. The number of halogens is 4. The first kappa shape index (κ1) is 23.6. The molecule has 0 atom stereocenters. The van der Waals surface area contributed by atoms with Gasteiger partial charge in [0.1, 0.15) is 5.75 Å². The fourth-order valence-electron chi connectivity index (χ4n) is 3.29. The number of methoxy groups -OCH3 is 1. The van der Waals surface area contributed by atoms with E-state index in [4.69, 9.17) is 4.74 Å². The third-order valence-electron chi connectivity index (χ3n) is 4.92. The Morgan fingerprint density at radius 3 is 2.31 bits per heavy atom. The molecule has 0 aliphatic carbocycles. The molecule has 0 spiro atoms. The highest BCUT2D eigenvalue weighted by atomic mass is 79.9. The molecule has 3 rings (SSSR count). The average molecular weight is 512 g/mol. The zero-order valence-electron chi connectivity index (χ0n) is 17.2. The van der Waals surface area contributed by atoms with E-state index in [1.807, 2.05) is 17.0 Å². The van der Waals surface area contributed by atoms with E-state index >= 15 is 0 Å². The largest absolute Gasteiger partial charge is 0.496 e. The number of anilines is 2. The van der Waals surface area contributed by atoms with Gasteiger partial charge in [-0.2, -0.15) is 13.2 Å². The molecule has 1 fully saturated rings. The number of amides is 2. The Kier molecular flexibility index (Phi) is 7.44. The molecule has 1 saturated heterocycles. The number of ether oxygens (including phenoxy) is 1. The highest BCUT2D eigenvalue weighted by molar-refractivity contribution is 9.10. The standard InChI is InChI=1S/C22H21BrF3N3O3/c1-32-19-8-3-16(23)14-15(19)2-9-20(30)27-17-4-6-18(7-5-17)28-10-12-29(13-11-28)21(31)22(24,25)26/h2-9,14H,10-13H2,1H3,(H,27,30)/b9-2+. The molecular weight excluding hydrogens is 491 g/mol. The zero-order valence-corrected chi connectivity index (χ0v) is 18.7. The average Bonchev–Trinajstić information content (AvgIpc) is 2.77. The Morgan fingerprint density at radius 1 is 1.06 bits per heavy atom. The van der Waals surface area contributed by atoms with Crippen LogP contribution in [0.2, 0.25) is 0 Å². The molecule has 10 heteroatoms. The molecule has 1 heterocycles. The number of nitrogens with zero attached hydrogens (tertiary/aromatic N) is 2. The number of hydrogen-bond donors (Lipinski definition) is 1. The van der Waals surface area contributed by atoms with Crippen molar-refractivity contribution in [3.63, 3.8) is 0 Å². The highest BCUT2D eigenvalue weighted by Gasteiger charge is 2.43. The summed E-state index contributed by atoms with van der Waals surface area (Å²) in [6.45, 7) is 0.594. The van der Waals surface area contributed by atoms with Gasteiger partial charge in [0.15, 0.2) is 0 Å². The minimum Gasteiger partial charge on any atom is -0.496 e. The van der Waals surface area contributed by atoms with Gasteiger partial charge in [-0.15, -0.1) is 0 Å². The van der Waals surface area contributed by atoms with Gasteiger partial charge in [-0.25, -0.2) is 0 Å². The molecule has 1 aliphatic rings. The topological polar surface area (TPSA) is 61.9 Å². The monoisotopic (exact) mass is 511 g/mol. The lowest BCUT2D eigenvalue weighted by Gasteiger charge is -2.36. The number of nitrogens with one attached hydrogen (secondary N) is 1. The number of alkyl halides is 3. The van der Waals surface area contributed by atoms with Gasteiger partial charge >= 0.3 is 12.1 Å². The van der Waals surface area contributed by atoms with E-state index in [9.17, 15) is 22.8 Å². The summed E-state index contributed by atoms with van der Waals surface area (Å²) in [5.74, 6) is -1.48.